The quantitative estimate of drug-likeness (QED) is 0.225. The Labute approximate surface area is 193 Å². The predicted molar refractivity (Wildman–Crippen MR) is 117 cm³/mol. The van der Waals surface area contributed by atoms with Crippen molar-refractivity contribution < 1.29 is 28.9 Å². The number of nitro groups is 1. The van der Waals surface area contributed by atoms with Crippen molar-refractivity contribution in [3.63, 3.8) is 0 Å². The van der Waals surface area contributed by atoms with Crippen molar-refractivity contribution in [3.05, 3.63) is 64.2 Å². The first kappa shape index (κ1) is 20.5. The van der Waals surface area contributed by atoms with Crippen LogP contribution in [0.1, 0.15) is 18.9 Å². The van der Waals surface area contributed by atoms with Crippen LogP contribution in [0.25, 0.3) is 0 Å². The van der Waals surface area contributed by atoms with E-state index in [0.29, 0.717) is 29.1 Å². The molecule has 0 radical (unpaired) electrons. The number of fused-ring (bicyclic) bond motifs is 8. The summed E-state index contributed by atoms with van der Waals surface area (Å²) in [4.78, 5) is 55.7. The molecule has 172 valence electrons. The number of esters is 1. The molecule has 2 amide bonds. The van der Waals surface area contributed by atoms with Crippen LogP contribution in [0.5, 0.6) is 5.75 Å². The summed E-state index contributed by atoms with van der Waals surface area (Å²) in [6.07, 6.45) is 0.346. The van der Waals surface area contributed by atoms with Gasteiger partial charge in [-0.2, -0.15) is 0 Å². The lowest BCUT2D eigenvalue weighted by atomic mass is 9.71. The van der Waals surface area contributed by atoms with E-state index in [1.807, 2.05) is 0 Å². The smallest absolute Gasteiger partial charge is 0.308 e. The van der Waals surface area contributed by atoms with Gasteiger partial charge >= 0.3 is 5.97 Å². The summed E-state index contributed by atoms with van der Waals surface area (Å²) < 4.78 is 5.03. The maximum Gasteiger partial charge on any atom is 0.308 e. The minimum Gasteiger partial charge on any atom is -0.427 e. The number of imide groups is 1. The molecule has 34 heavy (non-hydrogen) atoms. The lowest BCUT2D eigenvalue weighted by Crippen LogP contribution is -2.41. The summed E-state index contributed by atoms with van der Waals surface area (Å²) in [6, 6.07) is 12.5. The number of nitro benzene ring substituents is 1. The molecule has 0 spiro atoms. The number of non-ortho nitro benzene ring substituents is 1. The molecule has 2 aliphatic carbocycles. The Morgan fingerprint density at radius 2 is 1.79 bits per heavy atom. The maximum atomic E-state index is 13.5. The Balaban J connectivity index is 1.29. The zero-order chi connectivity index (χ0) is 23.7. The van der Waals surface area contributed by atoms with Crippen LogP contribution in [0.4, 0.5) is 11.4 Å². The van der Waals surface area contributed by atoms with Crippen LogP contribution in [-0.4, -0.2) is 34.5 Å². The van der Waals surface area contributed by atoms with Gasteiger partial charge in [-0.15, -0.1) is 0 Å². The first-order chi connectivity index (χ1) is 16.3. The fraction of sp³-hybridized carbons (Fsp3) is 0.333. The lowest BCUT2D eigenvalue weighted by Gasteiger charge is -2.29. The van der Waals surface area contributed by atoms with E-state index in [1.54, 1.807) is 36.4 Å². The highest BCUT2D eigenvalue weighted by molar-refractivity contribution is 6.23. The van der Waals surface area contributed by atoms with E-state index < -0.39 is 22.7 Å². The highest BCUT2D eigenvalue weighted by atomic mass is 16.6. The van der Waals surface area contributed by atoms with Crippen LogP contribution in [0.3, 0.4) is 0 Å². The number of hydrogen-bond donors (Lipinski definition) is 0. The van der Waals surface area contributed by atoms with Crippen LogP contribution < -0.4 is 9.64 Å². The molecule has 0 unspecified atom stereocenters. The van der Waals surface area contributed by atoms with E-state index in [0.717, 1.165) is 0 Å². The molecule has 4 aliphatic rings. The Kier molecular flexibility index (Phi) is 4.35. The molecule has 10 nitrogen and oxygen atoms in total. The SMILES string of the molecule is CC(=O)Oc1ccc(N2C(=O)[C@H]3[C@@H]4C[C@@H]([C@H]5C(c6cccc([N+](=O)[O-])c6)=NO[C@H]45)[C@@H]3C2=O)cc1. The van der Waals surface area contributed by atoms with Crippen LogP contribution >= 0.6 is 0 Å². The van der Waals surface area contributed by atoms with Crippen molar-refractivity contribution in [2.75, 3.05) is 4.90 Å². The summed E-state index contributed by atoms with van der Waals surface area (Å²) in [6.45, 7) is 1.29. The Hall–Kier alpha value is -4.08. The van der Waals surface area contributed by atoms with Crippen LogP contribution in [0.15, 0.2) is 53.7 Å². The fourth-order valence-corrected chi connectivity index (χ4v) is 6.23. The molecule has 6 rings (SSSR count). The van der Waals surface area contributed by atoms with Gasteiger partial charge in [-0.05, 0) is 36.6 Å². The summed E-state index contributed by atoms with van der Waals surface area (Å²) >= 11 is 0. The molecule has 2 aromatic carbocycles. The number of carbonyl (C=O) groups excluding carboxylic acids is 3. The molecule has 2 aliphatic heterocycles. The number of oxime groups is 1. The predicted octanol–water partition coefficient (Wildman–Crippen LogP) is 2.69. The van der Waals surface area contributed by atoms with E-state index in [9.17, 15) is 24.5 Å². The van der Waals surface area contributed by atoms with Crippen molar-refractivity contribution in [1.82, 2.24) is 0 Å². The van der Waals surface area contributed by atoms with E-state index in [1.165, 1.54) is 24.0 Å². The lowest BCUT2D eigenvalue weighted by molar-refractivity contribution is -0.384. The van der Waals surface area contributed by atoms with Gasteiger partial charge in [0, 0.05) is 36.5 Å². The van der Waals surface area contributed by atoms with Crippen molar-refractivity contribution in [2.45, 2.75) is 19.4 Å². The topological polar surface area (TPSA) is 128 Å². The molecule has 2 heterocycles. The second kappa shape index (κ2) is 7.21. The second-order valence-electron chi connectivity index (χ2n) is 9.09. The van der Waals surface area contributed by atoms with Crippen molar-refractivity contribution >= 4 is 34.9 Å². The number of hydrogen-bond acceptors (Lipinski definition) is 8. The van der Waals surface area contributed by atoms with Crippen LogP contribution in [0.2, 0.25) is 0 Å². The van der Waals surface area contributed by atoms with Gasteiger partial charge in [0.05, 0.1) is 28.2 Å². The molecular formula is C24H19N3O7. The Morgan fingerprint density at radius 1 is 1.09 bits per heavy atom. The molecule has 2 bridgehead atoms. The normalized spacial score (nSPS) is 30.6. The number of ether oxygens (including phenoxy) is 1. The number of nitrogens with zero attached hydrogens (tertiary/aromatic N) is 3. The molecule has 0 N–H and O–H groups in total. The van der Waals surface area contributed by atoms with E-state index in [-0.39, 0.29) is 41.4 Å². The number of carbonyl (C=O) groups is 3. The van der Waals surface area contributed by atoms with Crippen molar-refractivity contribution in [1.29, 1.82) is 0 Å². The van der Waals surface area contributed by atoms with Gasteiger partial charge in [-0.3, -0.25) is 29.4 Å². The van der Waals surface area contributed by atoms with E-state index >= 15 is 0 Å². The third-order valence-electron chi connectivity index (χ3n) is 7.40. The van der Waals surface area contributed by atoms with E-state index in [4.69, 9.17) is 9.57 Å². The third-order valence-corrected chi connectivity index (χ3v) is 7.40. The van der Waals surface area contributed by atoms with Crippen molar-refractivity contribution in [3.8, 4) is 5.75 Å². The number of benzene rings is 2. The summed E-state index contributed by atoms with van der Waals surface area (Å²) in [5, 5.41) is 15.5. The minimum absolute atomic E-state index is 0.0415. The van der Waals surface area contributed by atoms with Gasteiger partial charge in [-0.1, -0.05) is 17.3 Å². The van der Waals surface area contributed by atoms with Gasteiger partial charge in [0.25, 0.3) is 5.69 Å². The molecule has 3 fully saturated rings. The van der Waals surface area contributed by atoms with Crippen molar-refractivity contribution in [2.24, 2.45) is 34.7 Å². The third kappa shape index (κ3) is 2.81. The second-order valence-corrected chi connectivity index (χ2v) is 9.09. The average molecular weight is 461 g/mol. The Morgan fingerprint density at radius 3 is 2.47 bits per heavy atom. The first-order valence-electron chi connectivity index (χ1n) is 11.0. The highest BCUT2D eigenvalue weighted by Crippen LogP contribution is 2.62. The van der Waals surface area contributed by atoms with Crippen LogP contribution in [0, 0.1) is 39.7 Å². The molecule has 10 heteroatoms. The zero-order valence-corrected chi connectivity index (χ0v) is 18.0. The maximum absolute atomic E-state index is 13.5. The fourth-order valence-electron chi connectivity index (χ4n) is 6.23. The van der Waals surface area contributed by atoms with Gasteiger partial charge in [-0.25, -0.2) is 0 Å². The molecule has 1 saturated heterocycles. The molecular weight excluding hydrogens is 442 g/mol. The van der Waals surface area contributed by atoms with Gasteiger partial charge in [0.2, 0.25) is 11.8 Å². The summed E-state index contributed by atoms with van der Waals surface area (Å²) in [5.74, 6) is -2.10. The van der Waals surface area contributed by atoms with Gasteiger partial charge in [0.1, 0.15) is 11.9 Å². The molecule has 0 aromatic heterocycles. The molecule has 2 aromatic rings. The number of amides is 2. The van der Waals surface area contributed by atoms with E-state index in [2.05, 4.69) is 5.16 Å². The first-order valence-corrected chi connectivity index (χ1v) is 11.0. The molecule has 2 saturated carbocycles. The zero-order valence-electron chi connectivity index (χ0n) is 18.0. The Bertz CT molecular complexity index is 1290. The monoisotopic (exact) mass is 461 g/mol. The number of rotatable bonds is 4. The summed E-state index contributed by atoms with van der Waals surface area (Å²) in [5.41, 5.74) is 1.59. The minimum atomic E-state index is -0.488. The average Bonchev–Trinajstić information content (AvgIpc) is 3.54. The molecule has 6 atom stereocenters. The van der Waals surface area contributed by atoms with Gasteiger partial charge in [0.15, 0.2) is 0 Å². The highest BCUT2D eigenvalue weighted by Gasteiger charge is 2.70. The van der Waals surface area contributed by atoms with Crippen LogP contribution in [-0.2, 0) is 19.2 Å². The summed E-state index contributed by atoms with van der Waals surface area (Å²) in [7, 11) is 0. The van der Waals surface area contributed by atoms with Gasteiger partial charge < -0.3 is 9.57 Å². The standard InChI is InChI=1S/C24H19N3O7/c1-11(28)33-15-7-5-13(6-8-15)26-23(29)18-16-10-17(19(18)24(26)30)22-20(16)21(25-34-22)12-3-2-4-14(9-12)27(31)32/h2-9,16-20,22H,10H2,1H3/t16-,17+,18+,19+,20+,22-/m1/s1. The number of anilines is 1. The largest absolute Gasteiger partial charge is 0.427 e.